The van der Waals surface area contributed by atoms with Crippen LogP contribution in [0.3, 0.4) is 0 Å². The van der Waals surface area contributed by atoms with Crippen molar-refractivity contribution >= 4 is 52.4 Å². The molecule has 0 radical (unpaired) electrons. The van der Waals surface area contributed by atoms with Gasteiger partial charge in [0.1, 0.15) is 0 Å². The van der Waals surface area contributed by atoms with Crippen LogP contribution in [0.4, 0.5) is 16.2 Å². The van der Waals surface area contributed by atoms with Gasteiger partial charge in [-0.3, -0.25) is 24.6 Å². The summed E-state index contributed by atoms with van der Waals surface area (Å²) in [4.78, 5) is 47.8. The summed E-state index contributed by atoms with van der Waals surface area (Å²) in [5.74, 6) is -1.10. The number of fused-ring (bicyclic) bond motifs is 1. The summed E-state index contributed by atoms with van der Waals surface area (Å²) in [6, 6.07) is 7.71. The monoisotopic (exact) mass is 436 g/mol. The SMILES string of the molecule is O=C(NCCCN1C(=O)c2ccc([N+](=O)[O-])cc2C1=O)Nc1ccc(Cl)c(Cl)c1. The highest BCUT2D eigenvalue weighted by molar-refractivity contribution is 6.42. The van der Waals surface area contributed by atoms with Gasteiger partial charge in [0.15, 0.2) is 0 Å². The summed E-state index contributed by atoms with van der Waals surface area (Å²) in [7, 11) is 0. The van der Waals surface area contributed by atoms with Crippen LogP contribution in [0.5, 0.6) is 0 Å². The number of urea groups is 1. The van der Waals surface area contributed by atoms with Crippen molar-refractivity contribution in [2.45, 2.75) is 6.42 Å². The fourth-order valence-corrected chi connectivity index (χ4v) is 3.08. The van der Waals surface area contributed by atoms with Gasteiger partial charge in [0.25, 0.3) is 17.5 Å². The Bertz CT molecular complexity index is 1030. The van der Waals surface area contributed by atoms with E-state index < -0.39 is 22.8 Å². The second-order valence-electron chi connectivity index (χ2n) is 6.11. The van der Waals surface area contributed by atoms with Crippen molar-refractivity contribution in [2.24, 2.45) is 0 Å². The first-order valence-corrected chi connectivity index (χ1v) is 9.18. The van der Waals surface area contributed by atoms with E-state index in [0.717, 1.165) is 11.0 Å². The molecule has 2 N–H and O–H groups in total. The van der Waals surface area contributed by atoms with E-state index in [0.29, 0.717) is 22.2 Å². The van der Waals surface area contributed by atoms with Crippen molar-refractivity contribution in [1.29, 1.82) is 0 Å². The second kappa shape index (κ2) is 8.46. The average Bonchev–Trinajstić information content (AvgIpc) is 2.92. The zero-order valence-corrected chi connectivity index (χ0v) is 16.3. The molecule has 0 saturated heterocycles. The predicted octanol–water partition coefficient (Wildman–Crippen LogP) is 3.71. The lowest BCUT2D eigenvalue weighted by Crippen LogP contribution is -2.35. The minimum Gasteiger partial charge on any atom is -0.338 e. The number of imide groups is 1. The molecule has 4 amide bonds. The fraction of sp³-hybridized carbons (Fsp3) is 0.167. The minimum absolute atomic E-state index is 0.00881. The molecule has 0 fully saturated rings. The van der Waals surface area contributed by atoms with Gasteiger partial charge in [0.05, 0.1) is 26.1 Å². The summed E-state index contributed by atoms with van der Waals surface area (Å²) >= 11 is 11.7. The third kappa shape index (κ3) is 4.47. The molecule has 150 valence electrons. The number of halogens is 2. The van der Waals surface area contributed by atoms with E-state index in [9.17, 15) is 24.5 Å². The van der Waals surface area contributed by atoms with E-state index in [1.165, 1.54) is 18.2 Å². The van der Waals surface area contributed by atoms with Gasteiger partial charge in [-0.1, -0.05) is 23.2 Å². The molecule has 1 aliphatic heterocycles. The summed E-state index contributed by atoms with van der Waals surface area (Å²) in [5.41, 5.74) is 0.340. The van der Waals surface area contributed by atoms with Crippen molar-refractivity contribution in [1.82, 2.24) is 10.2 Å². The smallest absolute Gasteiger partial charge is 0.319 e. The van der Waals surface area contributed by atoms with Gasteiger partial charge in [-0.05, 0) is 30.7 Å². The maximum absolute atomic E-state index is 12.4. The van der Waals surface area contributed by atoms with Crippen LogP contribution < -0.4 is 10.6 Å². The maximum Gasteiger partial charge on any atom is 0.319 e. The predicted molar refractivity (Wildman–Crippen MR) is 107 cm³/mol. The highest BCUT2D eigenvalue weighted by Gasteiger charge is 2.36. The molecule has 11 heteroatoms. The largest absolute Gasteiger partial charge is 0.338 e. The second-order valence-corrected chi connectivity index (χ2v) is 6.93. The van der Waals surface area contributed by atoms with Gasteiger partial charge < -0.3 is 10.6 Å². The third-order valence-corrected chi connectivity index (χ3v) is 4.93. The molecule has 0 saturated carbocycles. The Labute approximate surface area is 174 Å². The van der Waals surface area contributed by atoms with Crippen LogP contribution in [-0.2, 0) is 0 Å². The van der Waals surface area contributed by atoms with E-state index >= 15 is 0 Å². The highest BCUT2D eigenvalue weighted by Crippen LogP contribution is 2.27. The molecule has 0 aromatic heterocycles. The van der Waals surface area contributed by atoms with Crippen LogP contribution in [0.2, 0.25) is 10.0 Å². The summed E-state index contributed by atoms with van der Waals surface area (Å²) in [6.07, 6.45) is 0.308. The topological polar surface area (TPSA) is 122 Å². The molecule has 0 unspecified atom stereocenters. The maximum atomic E-state index is 12.4. The standard InChI is InChI=1S/C18H14Cl2N4O5/c19-14-5-2-10(8-15(14)20)22-18(27)21-6-1-7-23-16(25)12-4-3-11(24(28)29)9-13(12)17(23)26/h2-5,8-9H,1,6-7H2,(H2,21,22,27). The summed E-state index contributed by atoms with van der Waals surface area (Å²) in [5, 5.41) is 16.7. The van der Waals surface area contributed by atoms with Gasteiger partial charge in [-0.15, -0.1) is 0 Å². The third-order valence-electron chi connectivity index (χ3n) is 4.19. The quantitative estimate of drug-likeness (QED) is 0.309. The Morgan fingerprint density at radius 2 is 1.76 bits per heavy atom. The molecule has 29 heavy (non-hydrogen) atoms. The fourth-order valence-electron chi connectivity index (χ4n) is 2.78. The van der Waals surface area contributed by atoms with Gasteiger partial charge >= 0.3 is 6.03 Å². The number of amides is 4. The Balaban J connectivity index is 1.51. The first-order valence-electron chi connectivity index (χ1n) is 8.42. The molecular formula is C18H14Cl2N4O5. The number of anilines is 1. The number of nitro benzene ring substituents is 1. The number of carbonyl (C=O) groups is 3. The van der Waals surface area contributed by atoms with Crippen molar-refractivity contribution in [2.75, 3.05) is 18.4 Å². The molecule has 1 aliphatic rings. The van der Waals surface area contributed by atoms with Crippen LogP contribution in [-0.4, -0.2) is 40.8 Å². The molecule has 0 spiro atoms. The molecular weight excluding hydrogens is 423 g/mol. The lowest BCUT2D eigenvalue weighted by Gasteiger charge is -2.14. The van der Waals surface area contributed by atoms with Gasteiger partial charge in [-0.25, -0.2) is 4.79 Å². The molecule has 2 aromatic rings. The van der Waals surface area contributed by atoms with Gasteiger partial charge in [0, 0.05) is 30.9 Å². The van der Waals surface area contributed by atoms with E-state index in [1.807, 2.05) is 0 Å². The van der Waals surface area contributed by atoms with E-state index in [2.05, 4.69) is 10.6 Å². The number of non-ortho nitro benzene ring substituents is 1. The Morgan fingerprint density at radius 1 is 1.03 bits per heavy atom. The molecule has 1 heterocycles. The number of rotatable bonds is 6. The minimum atomic E-state index is -0.628. The molecule has 0 bridgehead atoms. The normalized spacial score (nSPS) is 12.7. The Morgan fingerprint density at radius 3 is 2.45 bits per heavy atom. The van der Waals surface area contributed by atoms with Gasteiger partial charge in [0.2, 0.25) is 0 Å². The molecule has 3 rings (SSSR count). The number of carbonyl (C=O) groups excluding carboxylic acids is 3. The highest BCUT2D eigenvalue weighted by atomic mass is 35.5. The van der Waals surface area contributed by atoms with Crippen molar-refractivity contribution in [3.05, 3.63) is 67.7 Å². The molecule has 0 atom stereocenters. The van der Waals surface area contributed by atoms with E-state index in [-0.39, 0.29) is 29.9 Å². The van der Waals surface area contributed by atoms with Crippen molar-refractivity contribution in [3.63, 3.8) is 0 Å². The zero-order valence-electron chi connectivity index (χ0n) is 14.8. The lowest BCUT2D eigenvalue weighted by molar-refractivity contribution is -0.384. The number of benzene rings is 2. The van der Waals surface area contributed by atoms with Crippen LogP contribution in [0, 0.1) is 10.1 Å². The van der Waals surface area contributed by atoms with Crippen LogP contribution in [0.25, 0.3) is 0 Å². The number of hydrogen-bond acceptors (Lipinski definition) is 5. The van der Waals surface area contributed by atoms with E-state index in [4.69, 9.17) is 23.2 Å². The zero-order chi connectivity index (χ0) is 21.1. The number of nitrogens with zero attached hydrogens (tertiary/aromatic N) is 2. The molecule has 0 aliphatic carbocycles. The molecule has 2 aromatic carbocycles. The first kappa shape index (κ1) is 20.6. The van der Waals surface area contributed by atoms with Crippen LogP contribution in [0.1, 0.15) is 27.1 Å². The average molecular weight is 437 g/mol. The van der Waals surface area contributed by atoms with Crippen LogP contribution in [0.15, 0.2) is 36.4 Å². The van der Waals surface area contributed by atoms with E-state index in [1.54, 1.807) is 12.1 Å². The first-order chi connectivity index (χ1) is 13.8. The van der Waals surface area contributed by atoms with Crippen molar-refractivity contribution < 1.29 is 19.3 Å². The summed E-state index contributed by atoms with van der Waals surface area (Å²) < 4.78 is 0. The number of nitro groups is 1. The lowest BCUT2D eigenvalue weighted by atomic mass is 10.1. The summed E-state index contributed by atoms with van der Waals surface area (Å²) in [6.45, 7) is 0.258. The van der Waals surface area contributed by atoms with Crippen LogP contribution >= 0.6 is 23.2 Å². The van der Waals surface area contributed by atoms with Gasteiger partial charge in [-0.2, -0.15) is 0 Å². The van der Waals surface area contributed by atoms with Crippen molar-refractivity contribution in [3.8, 4) is 0 Å². The Kier molecular flexibility index (Phi) is 6.00. The number of hydrogen-bond donors (Lipinski definition) is 2. The Hall–Kier alpha value is -3.17. The number of nitrogens with one attached hydrogen (secondary N) is 2. The molecule has 9 nitrogen and oxygen atoms in total.